The standard InChI is InChI=1S/C17H15Br2ClN2O2/c1-10-7-14(18)17(15(19)8-10)24-9-16(23)22-21-11(2)12-3-5-13(20)6-4-12/h3-8H,9H2,1-2H3,(H,22,23). The number of nitrogens with one attached hydrogen (secondary N) is 1. The first-order valence-electron chi connectivity index (χ1n) is 7.04. The Morgan fingerprint density at radius 3 is 2.38 bits per heavy atom. The van der Waals surface area contributed by atoms with Crippen LogP contribution >= 0.6 is 43.5 Å². The molecule has 0 saturated carbocycles. The van der Waals surface area contributed by atoms with E-state index in [2.05, 4.69) is 42.4 Å². The molecule has 0 spiro atoms. The second-order valence-corrected chi connectivity index (χ2v) is 7.23. The fraction of sp³-hybridized carbons (Fsp3) is 0.176. The van der Waals surface area contributed by atoms with Gasteiger partial charge >= 0.3 is 0 Å². The van der Waals surface area contributed by atoms with Crippen molar-refractivity contribution in [3.8, 4) is 5.75 Å². The first kappa shape index (κ1) is 19.0. The summed E-state index contributed by atoms with van der Waals surface area (Å²) in [5.41, 5.74) is 5.11. The van der Waals surface area contributed by atoms with E-state index in [1.807, 2.05) is 31.2 Å². The highest BCUT2D eigenvalue weighted by Gasteiger charge is 2.10. The van der Waals surface area contributed by atoms with Gasteiger partial charge < -0.3 is 4.74 Å². The molecule has 0 aliphatic carbocycles. The molecule has 2 rings (SSSR count). The monoisotopic (exact) mass is 472 g/mol. The maximum atomic E-state index is 11.9. The molecule has 1 amide bonds. The van der Waals surface area contributed by atoms with Crippen LogP contribution in [0.5, 0.6) is 5.75 Å². The van der Waals surface area contributed by atoms with E-state index < -0.39 is 0 Å². The van der Waals surface area contributed by atoms with Crippen LogP contribution in [0.3, 0.4) is 0 Å². The molecule has 0 aliphatic rings. The van der Waals surface area contributed by atoms with Crippen molar-refractivity contribution >= 4 is 55.1 Å². The molecule has 126 valence electrons. The summed E-state index contributed by atoms with van der Waals surface area (Å²) in [5.74, 6) is 0.233. The van der Waals surface area contributed by atoms with Gasteiger partial charge in [0.05, 0.1) is 14.7 Å². The molecule has 0 fully saturated rings. The van der Waals surface area contributed by atoms with Gasteiger partial charge in [0.1, 0.15) is 5.75 Å². The number of hydrogen-bond donors (Lipinski definition) is 1. The lowest BCUT2D eigenvalue weighted by atomic mass is 10.1. The molecule has 0 heterocycles. The topological polar surface area (TPSA) is 50.7 Å². The van der Waals surface area contributed by atoms with Crippen molar-refractivity contribution in [3.05, 3.63) is 61.5 Å². The molecule has 24 heavy (non-hydrogen) atoms. The Bertz CT molecular complexity index is 754. The summed E-state index contributed by atoms with van der Waals surface area (Å²) in [6.45, 7) is 3.63. The van der Waals surface area contributed by atoms with E-state index >= 15 is 0 Å². The van der Waals surface area contributed by atoms with E-state index in [0.29, 0.717) is 16.5 Å². The summed E-state index contributed by atoms with van der Waals surface area (Å²) in [6, 6.07) is 11.1. The van der Waals surface area contributed by atoms with Crippen molar-refractivity contribution in [2.24, 2.45) is 5.10 Å². The molecule has 4 nitrogen and oxygen atoms in total. The number of benzene rings is 2. The highest BCUT2D eigenvalue weighted by molar-refractivity contribution is 9.11. The van der Waals surface area contributed by atoms with Gasteiger partial charge in [-0.1, -0.05) is 23.7 Å². The van der Waals surface area contributed by atoms with E-state index in [1.54, 1.807) is 19.1 Å². The Morgan fingerprint density at radius 2 is 1.79 bits per heavy atom. The molecule has 0 bridgehead atoms. The van der Waals surface area contributed by atoms with Gasteiger partial charge in [0.15, 0.2) is 6.61 Å². The average Bonchev–Trinajstić information content (AvgIpc) is 2.52. The van der Waals surface area contributed by atoms with Crippen LogP contribution in [0.4, 0.5) is 0 Å². The van der Waals surface area contributed by atoms with Gasteiger partial charge in [-0.05, 0) is 81.1 Å². The van der Waals surface area contributed by atoms with E-state index in [4.69, 9.17) is 16.3 Å². The number of aryl methyl sites for hydroxylation is 1. The molecule has 0 saturated heterocycles. The normalized spacial score (nSPS) is 11.3. The van der Waals surface area contributed by atoms with Gasteiger partial charge in [-0.25, -0.2) is 5.43 Å². The van der Waals surface area contributed by atoms with Crippen molar-refractivity contribution < 1.29 is 9.53 Å². The van der Waals surface area contributed by atoms with Crippen molar-refractivity contribution in [1.82, 2.24) is 5.43 Å². The summed E-state index contributed by atoms with van der Waals surface area (Å²) < 4.78 is 7.11. The minimum absolute atomic E-state index is 0.141. The Kier molecular flexibility index (Phi) is 6.83. The van der Waals surface area contributed by atoms with Crippen LogP contribution in [0.15, 0.2) is 50.4 Å². The SMILES string of the molecule is CC(=NNC(=O)COc1c(Br)cc(C)cc1Br)c1ccc(Cl)cc1. The number of ether oxygens (including phenoxy) is 1. The maximum Gasteiger partial charge on any atom is 0.277 e. The predicted molar refractivity (Wildman–Crippen MR) is 104 cm³/mol. The van der Waals surface area contributed by atoms with Crippen LogP contribution in [-0.4, -0.2) is 18.2 Å². The summed E-state index contributed by atoms with van der Waals surface area (Å²) in [6.07, 6.45) is 0. The van der Waals surface area contributed by atoms with Gasteiger partial charge in [0, 0.05) is 5.02 Å². The van der Waals surface area contributed by atoms with Gasteiger partial charge in [-0.2, -0.15) is 5.10 Å². The Hall–Kier alpha value is -1.37. The zero-order chi connectivity index (χ0) is 17.7. The molecule has 1 N–H and O–H groups in total. The Balaban J connectivity index is 1.94. The quantitative estimate of drug-likeness (QED) is 0.485. The minimum atomic E-state index is -0.345. The van der Waals surface area contributed by atoms with Crippen molar-refractivity contribution in [1.29, 1.82) is 0 Å². The molecule has 0 aliphatic heterocycles. The molecule has 0 atom stereocenters. The van der Waals surface area contributed by atoms with Gasteiger partial charge in [0.2, 0.25) is 0 Å². The number of carbonyl (C=O) groups is 1. The lowest BCUT2D eigenvalue weighted by molar-refractivity contribution is -0.123. The third kappa shape index (κ3) is 5.33. The number of rotatable bonds is 5. The maximum absolute atomic E-state index is 11.9. The number of carbonyl (C=O) groups excluding carboxylic acids is 1. The first-order chi connectivity index (χ1) is 11.4. The summed E-state index contributed by atoms with van der Waals surface area (Å²) in [4.78, 5) is 11.9. The number of hydrogen-bond acceptors (Lipinski definition) is 3. The number of amides is 1. The second-order valence-electron chi connectivity index (χ2n) is 5.09. The lowest BCUT2D eigenvalue weighted by Crippen LogP contribution is -2.25. The van der Waals surface area contributed by atoms with Gasteiger partial charge in [-0.15, -0.1) is 0 Å². The largest absolute Gasteiger partial charge is 0.481 e. The third-order valence-electron chi connectivity index (χ3n) is 3.10. The van der Waals surface area contributed by atoms with Crippen LogP contribution < -0.4 is 10.2 Å². The zero-order valence-electron chi connectivity index (χ0n) is 13.1. The zero-order valence-corrected chi connectivity index (χ0v) is 17.0. The smallest absolute Gasteiger partial charge is 0.277 e. The Labute approximate surface area is 162 Å². The molecular formula is C17H15Br2ClN2O2. The van der Waals surface area contributed by atoms with E-state index in [1.165, 1.54) is 0 Å². The van der Waals surface area contributed by atoms with Crippen LogP contribution in [-0.2, 0) is 4.79 Å². The lowest BCUT2D eigenvalue weighted by Gasteiger charge is -2.10. The van der Waals surface area contributed by atoms with Crippen LogP contribution in [0, 0.1) is 6.92 Å². The predicted octanol–water partition coefficient (Wildman–Crippen LogP) is 5.09. The molecule has 2 aromatic carbocycles. The van der Waals surface area contributed by atoms with Crippen LogP contribution in [0.2, 0.25) is 5.02 Å². The number of nitrogens with zero attached hydrogens (tertiary/aromatic N) is 1. The van der Waals surface area contributed by atoms with E-state index in [0.717, 1.165) is 20.1 Å². The molecular weight excluding hydrogens is 459 g/mol. The fourth-order valence-corrected chi connectivity index (χ4v) is 3.67. The summed E-state index contributed by atoms with van der Waals surface area (Å²) in [7, 11) is 0. The highest BCUT2D eigenvalue weighted by atomic mass is 79.9. The van der Waals surface area contributed by atoms with E-state index in [9.17, 15) is 4.79 Å². The number of hydrazone groups is 1. The number of halogens is 3. The van der Waals surface area contributed by atoms with Gasteiger partial charge in [-0.3, -0.25) is 4.79 Å². The summed E-state index contributed by atoms with van der Waals surface area (Å²) >= 11 is 12.7. The molecule has 0 aromatic heterocycles. The summed E-state index contributed by atoms with van der Waals surface area (Å²) in [5, 5.41) is 4.72. The molecule has 0 unspecified atom stereocenters. The van der Waals surface area contributed by atoms with Crippen LogP contribution in [0.1, 0.15) is 18.1 Å². The van der Waals surface area contributed by atoms with Crippen molar-refractivity contribution in [3.63, 3.8) is 0 Å². The second kappa shape index (κ2) is 8.65. The average molecular weight is 475 g/mol. The van der Waals surface area contributed by atoms with Crippen molar-refractivity contribution in [2.45, 2.75) is 13.8 Å². The molecule has 0 radical (unpaired) electrons. The van der Waals surface area contributed by atoms with Crippen molar-refractivity contribution in [2.75, 3.05) is 6.61 Å². The fourth-order valence-electron chi connectivity index (χ4n) is 1.90. The van der Waals surface area contributed by atoms with E-state index in [-0.39, 0.29) is 12.5 Å². The highest BCUT2D eigenvalue weighted by Crippen LogP contribution is 2.34. The molecule has 2 aromatic rings. The first-order valence-corrected chi connectivity index (χ1v) is 9.00. The van der Waals surface area contributed by atoms with Crippen LogP contribution in [0.25, 0.3) is 0 Å². The third-order valence-corrected chi connectivity index (χ3v) is 4.53. The Morgan fingerprint density at radius 1 is 1.21 bits per heavy atom. The molecule has 7 heteroatoms. The minimum Gasteiger partial charge on any atom is -0.481 e. The van der Waals surface area contributed by atoms with Gasteiger partial charge in [0.25, 0.3) is 5.91 Å².